The van der Waals surface area contributed by atoms with Crippen LogP contribution in [0.15, 0.2) is 30.6 Å². The number of rotatable bonds is 4. The van der Waals surface area contributed by atoms with Crippen LogP contribution in [-0.2, 0) is 4.74 Å². The van der Waals surface area contributed by atoms with Gasteiger partial charge in [0.1, 0.15) is 11.3 Å². The molecule has 2 saturated heterocycles. The smallest absolute Gasteiger partial charge is 0.223 e. The molecule has 2 N–H and O–H groups in total. The molecular weight excluding hydrogens is 396 g/mol. The summed E-state index contributed by atoms with van der Waals surface area (Å²) in [7, 11) is 1.63. The number of methoxy groups -OCH3 is 1. The lowest BCUT2D eigenvalue weighted by Crippen LogP contribution is -2.35. The van der Waals surface area contributed by atoms with Crippen molar-refractivity contribution in [2.45, 2.75) is 24.8 Å². The zero-order valence-corrected chi connectivity index (χ0v) is 17.3. The zero-order valence-electron chi connectivity index (χ0n) is 17.3. The Bertz CT molecular complexity index is 1260. The largest absolute Gasteiger partial charge is 0.494 e. The van der Waals surface area contributed by atoms with Gasteiger partial charge in [-0.05, 0) is 25.0 Å². The van der Waals surface area contributed by atoms with Gasteiger partial charge in [-0.15, -0.1) is 5.10 Å². The minimum absolute atomic E-state index is 0.212. The van der Waals surface area contributed by atoms with Crippen LogP contribution in [0.5, 0.6) is 5.75 Å². The Morgan fingerprint density at radius 3 is 2.94 bits per heavy atom. The fourth-order valence-corrected chi connectivity index (χ4v) is 4.47. The molecule has 2 fully saturated rings. The van der Waals surface area contributed by atoms with Crippen molar-refractivity contribution in [2.24, 2.45) is 0 Å². The summed E-state index contributed by atoms with van der Waals surface area (Å²) in [5.41, 5.74) is 8.77. The molecule has 2 aliphatic rings. The predicted octanol–water partition coefficient (Wildman–Crippen LogP) is 2.02. The number of benzene rings is 1. The van der Waals surface area contributed by atoms with Gasteiger partial charge in [0.15, 0.2) is 11.5 Å². The average Bonchev–Trinajstić information content (AvgIpc) is 3.41. The molecule has 1 aromatic carbocycles. The van der Waals surface area contributed by atoms with E-state index in [1.54, 1.807) is 11.6 Å². The second-order valence-corrected chi connectivity index (χ2v) is 8.19. The maximum absolute atomic E-state index is 6.22. The number of fused-ring (bicyclic) bond motifs is 3. The van der Waals surface area contributed by atoms with Gasteiger partial charge in [-0.2, -0.15) is 9.61 Å². The van der Waals surface area contributed by atoms with E-state index in [1.807, 2.05) is 29.1 Å². The molecule has 3 aromatic heterocycles. The van der Waals surface area contributed by atoms with E-state index < -0.39 is 0 Å². The lowest BCUT2D eigenvalue weighted by atomic mass is 9.97. The van der Waals surface area contributed by atoms with E-state index in [9.17, 15) is 0 Å². The van der Waals surface area contributed by atoms with E-state index >= 15 is 0 Å². The fraction of sp³-hybridized carbons (Fsp3) is 0.429. The molecular formula is C21H24N8O2. The summed E-state index contributed by atoms with van der Waals surface area (Å²) in [4.78, 5) is 11.8. The average molecular weight is 420 g/mol. The van der Waals surface area contributed by atoms with Crippen LogP contribution in [-0.4, -0.2) is 62.8 Å². The molecule has 2 aliphatic heterocycles. The van der Waals surface area contributed by atoms with E-state index in [4.69, 9.17) is 25.3 Å². The summed E-state index contributed by atoms with van der Waals surface area (Å²) in [6, 6.07) is 6.14. The topological polar surface area (TPSA) is 109 Å². The first kappa shape index (κ1) is 18.4. The van der Waals surface area contributed by atoms with Crippen molar-refractivity contribution in [1.29, 1.82) is 0 Å². The van der Waals surface area contributed by atoms with Crippen LogP contribution < -0.4 is 15.4 Å². The Kier molecular flexibility index (Phi) is 4.20. The molecule has 0 unspecified atom stereocenters. The van der Waals surface area contributed by atoms with E-state index in [0.29, 0.717) is 28.9 Å². The molecule has 0 spiro atoms. The molecule has 160 valence electrons. The number of hydrogen-bond acceptors (Lipinski definition) is 8. The van der Waals surface area contributed by atoms with Crippen molar-refractivity contribution in [1.82, 2.24) is 29.4 Å². The summed E-state index contributed by atoms with van der Waals surface area (Å²) in [5, 5.41) is 10.1. The first-order valence-corrected chi connectivity index (χ1v) is 10.6. The van der Waals surface area contributed by atoms with Crippen LogP contribution in [0.1, 0.15) is 30.6 Å². The molecule has 1 atom stereocenters. The van der Waals surface area contributed by atoms with Crippen LogP contribution in [0.25, 0.3) is 16.6 Å². The second kappa shape index (κ2) is 7.09. The number of ether oxygens (including phenoxy) is 2. The molecule has 0 amide bonds. The Balaban J connectivity index is 1.33. The van der Waals surface area contributed by atoms with Crippen molar-refractivity contribution in [3.8, 4) is 5.75 Å². The number of nitrogens with zero attached hydrogens (tertiary/aromatic N) is 7. The number of aromatic nitrogens is 6. The number of piperidine rings is 1. The molecule has 0 saturated carbocycles. The zero-order chi connectivity index (χ0) is 20.9. The molecule has 31 heavy (non-hydrogen) atoms. The van der Waals surface area contributed by atoms with Crippen LogP contribution >= 0.6 is 0 Å². The van der Waals surface area contributed by atoms with Gasteiger partial charge in [0, 0.05) is 30.6 Å². The van der Waals surface area contributed by atoms with Gasteiger partial charge in [-0.1, -0.05) is 6.07 Å². The van der Waals surface area contributed by atoms with Gasteiger partial charge in [-0.3, -0.25) is 4.68 Å². The fourth-order valence-electron chi connectivity index (χ4n) is 4.47. The normalized spacial score (nSPS) is 19.8. The molecule has 5 heterocycles. The second-order valence-electron chi connectivity index (χ2n) is 8.19. The maximum atomic E-state index is 6.22. The molecule has 0 bridgehead atoms. The molecule has 4 aromatic rings. The first-order chi connectivity index (χ1) is 15.2. The van der Waals surface area contributed by atoms with Crippen molar-refractivity contribution in [2.75, 3.05) is 44.0 Å². The highest BCUT2D eigenvalue weighted by Crippen LogP contribution is 2.32. The summed E-state index contributed by atoms with van der Waals surface area (Å²) < 4.78 is 14.4. The van der Waals surface area contributed by atoms with Gasteiger partial charge >= 0.3 is 0 Å². The highest BCUT2D eigenvalue weighted by Gasteiger charge is 2.28. The SMILES string of the molecule is COc1cccc2c1nc(N)n1nc([C@@H]3CCCN(c4cnn(C5COC5)c4)C3)nc21. The predicted molar refractivity (Wildman–Crippen MR) is 116 cm³/mol. The summed E-state index contributed by atoms with van der Waals surface area (Å²) in [6.45, 7) is 3.32. The highest BCUT2D eigenvalue weighted by molar-refractivity contribution is 5.95. The number of para-hydroxylation sites is 1. The molecule has 10 heteroatoms. The van der Waals surface area contributed by atoms with E-state index in [2.05, 4.69) is 21.2 Å². The third-order valence-corrected chi connectivity index (χ3v) is 6.26. The number of nitrogens with two attached hydrogens (primary N) is 1. The standard InChI is InChI=1S/C21H24N8O2/c1-30-17-6-2-5-16-18(17)24-21(22)29-20(16)25-19(26-29)13-4-3-7-27(9-13)14-8-23-28(10-14)15-11-31-12-15/h2,5-6,8,10,13,15H,3-4,7,9,11-12H2,1H3,(H2,22,24)/t13-/m1/s1. The molecule has 6 rings (SSSR count). The summed E-state index contributed by atoms with van der Waals surface area (Å²) in [5.74, 6) is 1.99. The summed E-state index contributed by atoms with van der Waals surface area (Å²) >= 11 is 0. The minimum atomic E-state index is 0.212. The van der Waals surface area contributed by atoms with E-state index in [-0.39, 0.29) is 5.92 Å². The number of anilines is 2. The van der Waals surface area contributed by atoms with Crippen LogP contribution in [0.2, 0.25) is 0 Å². The Morgan fingerprint density at radius 1 is 1.23 bits per heavy atom. The van der Waals surface area contributed by atoms with E-state index in [1.165, 1.54) is 0 Å². The van der Waals surface area contributed by atoms with Gasteiger partial charge in [0.05, 0.1) is 38.2 Å². The first-order valence-electron chi connectivity index (χ1n) is 10.6. The van der Waals surface area contributed by atoms with E-state index in [0.717, 1.165) is 56.0 Å². The third kappa shape index (κ3) is 2.97. The van der Waals surface area contributed by atoms with Gasteiger partial charge < -0.3 is 20.1 Å². The van der Waals surface area contributed by atoms with Crippen molar-refractivity contribution >= 4 is 28.2 Å². The lowest BCUT2D eigenvalue weighted by Gasteiger charge is -2.32. The van der Waals surface area contributed by atoms with Crippen molar-refractivity contribution in [3.63, 3.8) is 0 Å². The van der Waals surface area contributed by atoms with Gasteiger partial charge in [0.2, 0.25) is 5.95 Å². The minimum Gasteiger partial charge on any atom is -0.494 e. The quantitative estimate of drug-likeness (QED) is 0.534. The van der Waals surface area contributed by atoms with Crippen LogP contribution in [0, 0.1) is 0 Å². The summed E-state index contributed by atoms with van der Waals surface area (Å²) in [6.07, 6.45) is 6.17. The number of hydrogen-bond donors (Lipinski definition) is 1. The van der Waals surface area contributed by atoms with Gasteiger partial charge in [-0.25, -0.2) is 9.97 Å². The van der Waals surface area contributed by atoms with Crippen LogP contribution in [0.4, 0.5) is 11.6 Å². The third-order valence-electron chi connectivity index (χ3n) is 6.26. The Hall–Kier alpha value is -3.40. The van der Waals surface area contributed by atoms with Gasteiger partial charge in [0.25, 0.3) is 0 Å². The maximum Gasteiger partial charge on any atom is 0.223 e. The van der Waals surface area contributed by atoms with Crippen molar-refractivity contribution in [3.05, 3.63) is 36.4 Å². The monoisotopic (exact) mass is 420 g/mol. The molecule has 0 aliphatic carbocycles. The Labute approximate surface area is 178 Å². The molecule has 10 nitrogen and oxygen atoms in total. The number of nitrogen functional groups attached to an aromatic ring is 1. The van der Waals surface area contributed by atoms with Crippen LogP contribution in [0.3, 0.4) is 0 Å². The Morgan fingerprint density at radius 2 is 2.13 bits per heavy atom. The van der Waals surface area contributed by atoms with Crippen molar-refractivity contribution < 1.29 is 9.47 Å². The lowest BCUT2D eigenvalue weighted by molar-refractivity contribution is -0.0286. The molecule has 0 radical (unpaired) electrons. The highest BCUT2D eigenvalue weighted by atomic mass is 16.5.